The number of carboxylic acids is 1. The molecule has 1 unspecified atom stereocenters. The average Bonchev–Trinajstić information content (AvgIpc) is 3.51. The van der Waals surface area contributed by atoms with Crippen molar-refractivity contribution in [3.05, 3.63) is 59.7 Å². The highest BCUT2D eigenvalue weighted by Crippen LogP contribution is 2.44. The molecule has 0 heterocycles. The maximum atomic E-state index is 12.3. The number of aliphatic hydroxyl groups is 1. The fraction of sp³-hybridized carbons (Fsp3) is 0.375. The lowest BCUT2D eigenvalue weighted by Crippen LogP contribution is -2.55. The van der Waals surface area contributed by atoms with Crippen LogP contribution in [0.25, 0.3) is 11.1 Å². The van der Waals surface area contributed by atoms with Crippen LogP contribution in [0.4, 0.5) is 4.79 Å². The highest BCUT2D eigenvalue weighted by atomic mass is 16.5. The second-order valence-electron chi connectivity index (χ2n) is 8.59. The normalized spacial score (nSPS) is 20.4. The Hall–Kier alpha value is -3.39. The number of alkyl carbamates (subject to hydrolysis) is 1. The summed E-state index contributed by atoms with van der Waals surface area (Å²) in [6, 6.07) is 16.2. The first-order valence-electron chi connectivity index (χ1n) is 10.6. The molecule has 2 aromatic rings. The zero-order valence-electron chi connectivity index (χ0n) is 17.7. The summed E-state index contributed by atoms with van der Waals surface area (Å²) in [7, 11) is 0. The maximum absolute atomic E-state index is 12.3. The first kappa shape index (κ1) is 21.8. The van der Waals surface area contributed by atoms with Gasteiger partial charge in [-0.3, -0.25) is 4.79 Å². The minimum absolute atomic E-state index is 0.0280. The van der Waals surface area contributed by atoms with Gasteiger partial charge in [0.25, 0.3) is 0 Å². The number of benzene rings is 2. The van der Waals surface area contributed by atoms with Crippen molar-refractivity contribution in [3.63, 3.8) is 0 Å². The molecule has 0 aliphatic heterocycles. The van der Waals surface area contributed by atoms with Crippen LogP contribution in [0.2, 0.25) is 0 Å². The molecule has 4 N–H and O–H groups in total. The quantitative estimate of drug-likeness (QED) is 0.500. The average molecular weight is 438 g/mol. The van der Waals surface area contributed by atoms with Crippen molar-refractivity contribution in [3.8, 4) is 11.1 Å². The predicted molar refractivity (Wildman–Crippen MR) is 116 cm³/mol. The lowest BCUT2D eigenvalue weighted by Gasteiger charge is -2.23. The zero-order valence-corrected chi connectivity index (χ0v) is 17.7. The Morgan fingerprint density at radius 1 is 1.06 bits per heavy atom. The highest BCUT2D eigenvalue weighted by Gasteiger charge is 2.46. The molecule has 1 fully saturated rings. The van der Waals surface area contributed by atoms with Crippen molar-refractivity contribution in [1.29, 1.82) is 0 Å². The third kappa shape index (κ3) is 4.18. The summed E-state index contributed by atoms with van der Waals surface area (Å²) in [4.78, 5) is 35.7. The summed E-state index contributed by atoms with van der Waals surface area (Å²) in [5.41, 5.74) is 2.85. The maximum Gasteiger partial charge on any atom is 0.407 e. The van der Waals surface area contributed by atoms with E-state index in [-0.39, 0.29) is 25.0 Å². The number of rotatable bonds is 8. The van der Waals surface area contributed by atoms with Gasteiger partial charge in [-0.05, 0) is 41.5 Å². The third-order valence-corrected chi connectivity index (χ3v) is 6.30. The Balaban J connectivity index is 1.27. The summed E-state index contributed by atoms with van der Waals surface area (Å²) < 4.78 is 5.48. The van der Waals surface area contributed by atoms with E-state index in [0.29, 0.717) is 6.42 Å². The van der Waals surface area contributed by atoms with Gasteiger partial charge in [-0.2, -0.15) is 0 Å². The standard InChI is InChI=1S/C24H26N2O6/c1-24(13-27,22(29)30)26-21(28)19-10-14(19)11-25-23(31)32-12-20-17-8-4-2-6-15(17)16-7-3-5-9-18(16)20/h2-9,14,19-20,27H,10-13H2,1H3,(H,25,31)(H,26,28)(H,29,30)/t14-,19-,24?/m0/s1. The third-order valence-electron chi connectivity index (χ3n) is 6.30. The van der Waals surface area contributed by atoms with E-state index in [1.165, 1.54) is 6.92 Å². The van der Waals surface area contributed by atoms with Crippen LogP contribution in [0.15, 0.2) is 48.5 Å². The number of amides is 2. The molecule has 2 aliphatic rings. The zero-order chi connectivity index (χ0) is 22.9. The van der Waals surface area contributed by atoms with Gasteiger partial charge < -0.3 is 25.6 Å². The molecule has 0 aromatic heterocycles. The molecule has 168 valence electrons. The number of carbonyl (C=O) groups excluding carboxylic acids is 2. The Kier molecular flexibility index (Phi) is 5.88. The van der Waals surface area contributed by atoms with Crippen LogP contribution in [0, 0.1) is 11.8 Å². The summed E-state index contributed by atoms with van der Waals surface area (Å²) in [5, 5.41) is 23.5. The molecule has 8 heteroatoms. The lowest BCUT2D eigenvalue weighted by atomic mass is 9.98. The van der Waals surface area contributed by atoms with Crippen LogP contribution in [-0.2, 0) is 14.3 Å². The van der Waals surface area contributed by atoms with Gasteiger partial charge in [0.05, 0.1) is 6.61 Å². The van der Waals surface area contributed by atoms with Gasteiger partial charge in [0.2, 0.25) is 5.91 Å². The number of fused-ring (bicyclic) bond motifs is 3. The Labute approximate surface area is 185 Å². The minimum Gasteiger partial charge on any atom is -0.479 e. The number of aliphatic carboxylic acids is 1. The van der Waals surface area contributed by atoms with E-state index >= 15 is 0 Å². The van der Waals surface area contributed by atoms with Gasteiger partial charge in [-0.1, -0.05) is 48.5 Å². The molecule has 2 aliphatic carbocycles. The molecule has 8 nitrogen and oxygen atoms in total. The first-order chi connectivity index (χ1) is 15.3. The molecular weight excluding hydrogens is 412 g/mol. The minimum atomic E-state index is -1.72. The van der Waals surface area contributed by atoms with Crippen LogP contribution in [0.1, 0.15) is 30.4 Å². The lowest BCUT2D eigenvalue weighted by molar-refractivity contribution is -0.148. The molecule has 0 saturated heterocycles. The van der Waals surface area contributed by atoms with Gasteiger partial charge in [-0.15, -0.1) is 0 Å². The van der Waals surface area contributed by atoms with Crippen molar-refractivity contribution >= 4 is 18.0 Å². The second-order valence-corrected chi connectivity index (χ2v) is 8.59. The summed E-state index contributed by atoms with van der Waals surface area (Å²) in [6.45, 7) is 1.02. The summed E-state index contributed by atoms with van der Waals surface area (Å²) in [5.74, 6) is -2.26. The van der Waals surface area contributed by atoms with Crippen molar-refractivity contribution in [2.45, 2.75) is 24.8 Å². The summed E-state index contributed by atoms with van der Waals surface area (Å²) in [6.07, 6.45) is -0.0139. The smallest absolute Gasteiger partial charge is 0.407 e. The number of carboxylic acid groups (broad SMARTS) is 1. The molecule has 0 radical (unpaired) electrons. The van der Waals surface area contributed by atoms with E-state index in [1.54, 1.807) is 0 Å². The van der Waals surface area contributed by atoms with Gasteiger partial charge in [0, 0.05) is 18.4 Å². The van der Waals surface area contributed by atoms with Crippen LogP contribution < -0.4 is 10.6 Å². The van der Waals surface area contributed by atoms with E-state index in [0.717, 1.165) is 22.3 Å². The number of nitrogens with one attached hydrogen (secondary N) is 2. The number of carbonyl (C=O) groups is 3. The molecular formula is C24H26N2O6. The molecule has 0 bridgehead atoms. The number of hydrogen-bond donors (Lipinski definition) is 4. The summed E-state index contributed by atoms with van der Waals surface area (Å²) >= 11 is 0. The SMILES string of the molecule is CC(CO)(NC(=O)[C@H]1C[C@H]1CNC(=O)OCC1c2ccccc2-c2ccccc21)C(=O)O. The molecule has 2 amide bonds. The predicted octanol–water partition coefficient (Wildman–Crippen LogP) is 2.11. The van der Waals surface area contributed by atoms with E-state index in [2.05, 4.69) is 22.8 Å². The van der Waals surface area contributed by atoms with Gasteiger partial charge >= 0.3 is 12.1 Å². The number of ether oxygens (including phenoxy) is 1. The fourth-order valence-electron chi connectivity index (χ4n) is 4.18. The van der Waals surface area contributed by atoms with Crippen molar-refractivity contribution in [2.24, 2.45) is 11.8 Å². The number of hydrogen-bond acceptors (Lipinski definition) is 5. The Morgan fingerprint density at radius 3 is 2.22 bits per heavy atom. The van der Waals surface area contributed by atoms with Crippen LogP contribution in [0.5, 0.6) is 0 Å². The largest absolute Gasteiger partial charge is 0.479 e. The van der Waals surface area contributed by atoms with Crippen LogP contribution >= 0.6 is 0 Å². The molecule has 4 rings (SSSR count). The van der Waals surface area contributed by atoms with Crippen LogP contribution in [0.3, 0.4) is 0 Å². The van der Waals surface area contributed by atoms with Crippen LogP contribution in [-0.4, -0.2) is 53.5 Å². The second kappa shape index (κ2) is 8.63. The van der Waals surface area contributed by atoms with Gasteiger partial charge in [-0.25, -0.2) is 9.59 Å². The van der Waals surface area contributed by atoms with E-state index < -0.39 is 36.0 Å². The molecule has 2 aromatic carbocycles. The van der Waals surface area contributed by atoms with Gasteiger partial charge in [0.1, 0.15) is 6.61 Å². The molecule has 3 atom stereocenters. The Bertz CT molecular complexity index is 1010. The van der Waals surface area contributed by atoms with Crippen molar-refractivity contribution in [1.82, 2.24) is 10.6 Å². The first-order valence-corrected chi connectivity index (χ1v) is 10.6. The molecule has 0 spiro atoms. The van der Waals surface area contributed by atoms with Crippen molar-refractivity contribution in [2.75, 3.05) is 19.8 Å². The van der Waals surface area contributed by atoms with Crippen molar-refractivity contribution < 1.29 is 29.3 Å². The van der Waals surface area contributed by atoms with Gasteiger partial charge in [0.15, 0.2) is 5.54 Å². The highest BCUT2D eigenvalue weighted by molar-refractivity contribution is 5.89. The number of aliphatic hydroxyl groups excluding tert-OH is 1. The topological polar surface area (TPSA) is 125 Å². The Morgan fingerprint density at radius 2 is 1.66 bits per heavy atom. The fourth-order valence-corrected chi connectivity index (χ4v) is 4.18. The van der Waals surface area contributed by atoms with E-state index in [4.69, 9.17) is 9.84 Å². The van der Waals surface area contributed by atoms with E-state index in [1.807, 2.05) is 36.4 Å². The monoisotopic (exact) mass is 438 g/mol. The van der Waals surface area contributed by atoms with E-state index in [9.17, 15) is 19.5 Å². The molecule has 32 heavy (non-hydrogen) atoms. The molecule has 1 saturated carbocycles.